The van der Waals surface area contributed by atoms with Gasteiger partial charge in [-0.25, -0.2) is 15.0 Å². The molecule has 2 aromatic heterocycles. The molecule has 180 valence electrons. The lowest BCUT2D eigenvalue weighted by atomic mass is 10.1. The van der Waals surface area contributed by atoms with Crippen molar-refractivity contribution in [3.05, 3.63) is 58.6 Å². The van der Waals surface area contributed by atoms with Crippen molar-refractivity contribution in [3.8, 4) is 16.3 Å². The Morgan fingerprint density at radius 2 is 2.00 bits per heavy atom. The van der Waals surface area contributed by atoms with Crippen LogP contribution >= 0.6 is 11.3 Å². The molecule has 2 atom stereocenters. The monoisotopic (exact) mass is 492 g/mol. The molecule has 1 unspecified atom stereocenters. The number of hydrogen-bond acceptors (Lipinski definition) is 7. The predicted molar refractivity (Wildman–Crippen MR) is 120 cm³/mol. The molecule has 7 nitrogen and oxygen atoms in total. The van der Waals surface area contributed by atoms with Gasteiger partial charge in [-0.2, -0.15) is 13.2 Å². The Morgan fingerprint density at radius 3 is 2.62 bits per heavy atom. The molecule has 1 aliphatic heterocycles. The molecule has 0 bridgehead atoms. The largest absolute Gasteiger partial charge is 0.491 e. The Morgan fingerprint density at radius 1 is 1.24 bits per heavy atom. The quantitative estimate of drug-likeness (QED) is 0.501. The number of halogens is 3. The zero-order valence-corrected chi connectivity index (χ0v) is 19.4. The van der Waals surface area contributed by atoms with Crippen molar-refractivity contribution in [1.82, 2.24) is 20.3 Å². The maximum atomic E-state index is 13.0. The zero-order valence-electron chi connectivity index (χ0n) is 18.6. The second-order valence-corrected chi connectivity index (χ2v) is 9.24. The molecule has 0 aliphatic carbocycles. The van der Waals surface area contributed by atoms with Crippen LogP contribution in [0.2, 0.25) is 0 Å². The van der Waals surface area contributed by atoms with Gasteiger partial charge < -0.3 is 14.8 Å². The van der Waals surface area contributed by atoms with Crippen LogP contribution in [0.1, 0.15) is 52.4 Å². The van der Waals surface area contributed by atoms with Crippen molar-refractivity contribution >= 4 is 17.2 Å². The first-order valence-electron chi connectivity index (χ1n) is 10.7. The first-order valence-corrected chi connectivity index (χ1v) is 11.5. The summed E-state index contributed by atoms with van der Waals surface area (Å²) in [4.78, 5) is 25.2. The third-order valence-electron chi connectivity index (χ3n) is 5.27. The van der Waals surface area contributed by atoms with Crippen LogP contribution in [-0.2, 0) is 10.9 Å². The van der Waals surface area contributed by atoms with Gasteiger partial charge >= 0.3 is 6.18 Å². The lowest BCUT2D eigenvalue weighted by Crippen LogP contribution is -2.27. The van der Waals surface area contributed by atoms with Crippen molar-refractivity contribution in [3.63, 3.8) is 0 Å². The van der Waals surface area contributed by atoms with Crippen LogP contribution in [0.4, 0.5) is 13.2 Å². The van der Waals surface area contributed by atoms with E-state index < -0.39 is 23.9 Å². The molecular formula is C23H23F3N4O3S. The van der Waals surface area contributed by atoms with Crippen molar-refractivity contribution in [2.75, 3.05) is 13.2 Å². The molecule has 1 N–H and O–H groups in total. The molecule has 1 fully saturated rings. The van der Waals surface area contributed by atoms with Gasteiger partial charge in [-0.15, -0.1) is 11.3 Å². The normalized spacial score (nSPS) is 16.9. The lowest BCUT2D eigenvalue weighted by molar-refractivity contribution is -0.145. The van der Waals surface area contributed by atoms with Gasteiger partial charge in [-0.05, 0) is 44.9 Å². The highest BCUT2D eigenvalue weighted by molar-refractivity contribution is 7.14. The van der Waals surface area contributed by atoms with Gasteiger partial charge in [0.15, 0.2) is 0 Å². The predicted octanol–water partition coefficient (Wildman–Crippen LogP) is 4.98. The number of carbonyl (C=O) groups excluding carboxylic acids is 1. The average Bonchev–Trinajstić information content (AvgIpc) is 3.49. The summed E-state index contributed by atoms with van der Waals surface area (Å²) >= 11 is 1.50. The fourth-order valence-corrected chi connectivity index (χ4v) is 4.21. The number of benzene rings is 1. The van der Waals surface area contributed by atoms with Gasteiger partial charge in [0, 0.05) is 46.8 Å². The fourth-order valence-electron chi connectivity index (χ4n) is 3.46. The van der Waals surface area contributed by atoms with Crippen LogP contribution < -0.4 is 10.1 Å². The van der Waals surface area contributed by atoms with E-state index in [0.717, 1.165) is 40.7 Å². The molecule has 0 spiro atoms. The van der Waals surface area contributed by atoms with E-state index in [4.69, 9.17) is 9.47 Å². The first kappa shape index (κ1) is 24.1. The van der Waals surface area contributed by atoms with E-state index in [0.29, 0.717) is 30.1 Å². The number of aromatic nitrogens is 3. The molecule has 1 saturated heterocycles. The number of ether oxygens (including phenoxy) is 2. The maximum Gasteiger partial charge on any atom is 0.451 e. The zero-order chi connectivity index (χ0) is 24.3. The number of thiazole rings is 1. The molecule has 0 saturated carbocycles. The number of carbonyl (C=O) groups is 1. The van der Waals surface area contributed by atoms with Gasteiger partial charge in [-0.3, -0.25) is 4.79 Å². The number of nitrogens with zero attached hydrogens (tertiary/aromatic N) is 3. The standard InChI is InChI=1S/C23H23F3N4O3S/c1-13-9-27-21(34-13)16-6-15(7-19(8-16)33-12-18-4-3-5-32-18)20(31)30-14(2)17-10-28-22(29-11-17)23(24,25)26/h6-11,14,18H,3-5,12H2,1-2H3,(H,30,31)/t14?,18-/m1/s1. The van der Waals surface area contributed by atoms with Crippen LogP contribution in [0, 0.1) is 6.92 Å². The van der Waals surface area contributed by atoms with E-state index >= 15 is 0 Å². The molecular weight excluding hydrogens is 469 g/mol. The van der Waals surface area contributed by atoms with Gasteiger partial charge in [0.05, 0.1) is 12.1 Å². The fraction of sp³-hybridized carbons (Fsp3) is 0.391. The highest BCUT2D eigenvalue weighted by atomic mass is 32.1. The summed E-state index contributed by atoms with van der Waals surface area (Å²) in [5.74, 6) is -1.13. The number of amides is 1. The van der Waals surface area contributed by atoms with Crippen molar-refractivity contribution in [2.45, 2.75) is 45.0 Å². The summed E-state index contributed by atoms with van der Waals surface area (Å²) in [6, 6.07) is 4.56. The summed E-state index contributed by atoms with van der Waals surface area (Å²) in [5.41, 5.74) is 1.42. The maximum absolute atomic E-state index is 13.0. The Hall–Kier alpha value is -3.05. The molecule has 3 heterocycles. The molecule has 0 radical (unpaired) electrons. The van der Waals surface area contributed by atoms with Crippen molar-refractivity contribution in [2.24, 2.45) is 0 Å². The minimum Gasteiger partial charge on any atom is -0.491 e. The van der Waals surface area contributed by atoms with Crippen LogP contribution in [0.5, 0.6) is 5.75 Å². The Bertz CT molecular complexity index is 1150. The summed E-state index contributed by atoms with van der Waals surface area (Å²) in [6.45, 7) is 4.68. The average molecular weight is 493 g/mol. The number of rotatable bonds is 7. The SMILES string of the molecule is Cc1cnc(-c2cc(OC[C@H]3CCCO3)cc(C(=O)NC(C)c3cnc(C(F)(F)F)nc3)c2)s1. The lowest BCUT2D eigenvalue weighted by Gasteiger charge is -2.16. The highest BCUT2D eigenvalue weighted by Gasteiger charge is 2.34. The van der Waals surface area contributed by atoms with Gasteiger partial charge in [-0.1, -0.05) is 0 Å². The van der Waals surface area contributed by atoms with E-state index in [9.17, 15) is 18.0 Å². The molecule has 4 rings (SSSR count). The molecule has 1 aliphatic rings. The van der Waals surface area contributed by atoms with Gasteiger partial charge in [0.2, 0.25) is 5.82 Å². The van der Waals surface area contributed by atoms with E-state index in [-0.39, 0.29) is 6.10 Å². The summed E-state index contributed by atoms with van der Waals surface area (Å²) < 4.78 is 49.7. The third-order valence-corrected chi connectivity index (χ3v) is 6.23. The Balaban J connectivity index is 1.53. The van der Waals surface area contributed by atoms with Crippen molar-refractivity contribution < 1.29 is 27.4 Å². The minimum atomic E-state index is -4.63. The van der Waals surface area contributed by atoms with E-state index in [1.165, 1.54) is 11.3 Å². The third kappa shape index (κ3) is 5.89. The summed E-state index contributed by atoms with van der Waals surface area (Å²) in [6.07, 6.45) is 1.18. The molecule has 1 amide bonds. The number of hydrogen-bond donors (Lipinski definition) is 1. The first-order chi connectivity index (χ1) is 16.2. The molecule has 3 aromatic rings. The topological polar surface area (TPSA) is 86.2 Å². The minimum absolute atomic E-state index is 0.0164. The second kappa shape index (κ2) is 10.1. The summed E-state index contributed by atoms with van der Waals surface area (Å²) in [7, 11) is 0. The molecule has 1 aromatic carbocycles. The highest BCUT2D eigenvalue weighted by Crippen LogP contribution is 2.30. The number of aryl methyl sites for hydroxylation is 1. The summed E-state index contributed by atoms with van der Waals surface area (Å²) in [5, 5.41) is 3.53. The van der Waals surface area contributed by atoms with E-state index in [1.54, 1.807) is 25.3 Å². The van der Waals surface area contributed by atoms with Gasteiger partial charge in [0.1, 0.15) is 17.4 Å². The van der Waals surface area contributed by atoms with Crippen LogP contribution in [0.3, 0.4) is 0 Å². The van der Waals surface area contributed by atoms with Crippen LogP contribution in [-0.4, -0.2) is 40.2 Å². The smallest absolute Gasteiger partial charge is 0.451 e. The number of alkyl halides is 3. The Kier molecular flexibility index (Phi) is 7.13. The van der Waals surface area contributed by atoms with Crippen molar-refractivity contribution in [1.29, 1.82) is 0 Å². The van der Waals surface area contributed by atoms with E-state index in [2.05, 4.69) is 20.3 Å². The molecule has 34 heavy (non-hydrogen) atoms. The van der Waals surface area contributed by atoms with Crippen LogP contribution in [0.25, 0.3) is 10.6 Å². The number of nitrogens with one attached hydrogen (secondary N) is 1. The van der Waals surface area contributed by atoms with E-state index in [1.807, 2.05) is 13.0 Å². The van der Waals surface area contributed by atoms with Gasteiger partial charge in [0.25, 0.3) is 5.91 Å². The molecule has 11 heteroatoms. The van der Waals surface area contributed by atoms with Crippen LogP contribution in [0.15, 0.2) is 36.8 Å². The Labute approximate surface area is 198 Å². The second-order valence-electron chi connectivity index (χ2n) is 8.00.